The number of benzene rings is 1. The lowest BCUT2D eigenvalue weighted by Crippen LogP contribution is -2.29. The highest BCUT2D eigenvalue weighted by atomic mass is 32.2. The van der Waals surface area contributed by atoms with E-state index in [0.29, 0.717) is 40.8 Å². The molecule has 3 rings (SSSR count). The molecular weight excluding hydrogens is 465 g/mol. The van der Waals surface area contributed by atoms with Gasteiger partial charge < -0.3 is 15.3 Å². The summed E-state index contributed by atoms with van der Waals surface area (Å²) in [6.45, 7) is 0.386. The lowest BCUT2D eigenvalue weighted by atomic mass is 10.1. The predicted molar refractivity (Wildman–Crippen MR) is 120 cm³/mol. The summed E-state index contributed by atoms with van der Waals surface area (Å²) >= 11 is 6.37. The van der Waals surface area contributed by atoms with Crippen molar-refractivity contribution in [2.75, 3.05) is 12.3 Å². The second-order valence-electron chi connectivity index (χ2n) is 7.04. The second kappa shape index (κ2) is 9.78. The van der Waals surface area contributed by atoms with Gasteiger partial charge in [0, 0.05) is 30.3 Å². The second-order valence-corrected chi connectivity index (χ2v) is 8.72. The highest BCUT2D eigenvalue weighted by molar-refractivity contribution is 8.26. The van der Waals surface area contributed by atoms with E-state index in [1.165, 1.54) is 29.2 Å². The molecule has 2 aromatic rings. The third-order valence-corrected chi connectivity index (χ3v) is 6.07. The van der Waals surface area contributed by atoms with E-state index in [2.05, 4.69) is 0 Å². The quantitative estimate of drug-likeness (QED) is 0.224. The van der Waals surface area contributed by atoms with Crippen LogP contribution in [0.2, 0.25) is 0 Å². The monoisotopic (exact) mass is 484 g/mol. The van der Waals surface area contributed by atoms with Crippen molar-refractivity contribution in [3.05, 3.63) is 46.6 Å². The largest absolute Gasteiger partial charge is 0.481 e. The van der Waals surface area contributed by atoms with Crippen LogP contribution in [0.3, 0.4) is 0 Å². The van der Waals surface area contributed by atoms with Crippen molar-refractivity contribution in [2.45, 2.75) is 31.9 Å². The summed E-state index contributed by atoms with van der Waals surface area (Å²) in [5, 5.41) is 8.66. The van der Waals surface area contributed by atoms with E-state index in [1.54, 1.807) is 6.07 Å². The van der Waals surface area contributed by atoms with Gasteiger partial charge in [0.2, 0.25) is 0 Å². The van der Waals surface area contributed by atoms with Gasteiger partial charge in [-0.05, 0) is 43.2 Å². The molecule has 0 aliphatic carbocycles. The first-order valence-electron chi connectivity index (χ1n) is 9.60. The number of amides is 1. The first-order valence-corrected chi connectivity index (χ1v) is 10.8. The number of thiocarbonyl (C=S) groups is 1. The smallest absolute Gasteiger partial charge is 0.418 e. The van der Waals surface area contributed by atoms with Crippen LogP contribution in [-0.2, 0) is 15.8 Å². The highest BCUT2D eigenvalue weighted by Crippen LogP contribution is 2.37. The Labute approximate surface area is 191 Å². The van der Waals surface area contributed by atoms with Gasteiger partial charge in [0.15, 0.2) is 0 Å². The van der Waals surface area contributed by atoms with Crippen LogP contribution in [0, 0.1) is 0 Å². The molecule has 1 aromatic heterocycles. The van der Waals surface area contributed by atoms with Crippen LogP contribution in [0.25, 0.3) is 17.4 Å². The molecule has 0 atom stereocenters. The minimum Gasteiger partial charge on any atom is -0.481 e. The van der Waals surface area contributed by atoms with E-state index >= 15 is 0 Å². The number of rotatable bonds is 8. The Morgan fingerprint density at radius 3 is 2.66 bits per heavy atom. The number of alkyl halides is 3. The maximum atomic E-state index is 13.1. The Balaban J connectivity index is 1.69. The molecule has 0 radical (unpaired) electrons. The number of halogens is 3. The maximum absolute atomic E-state index is 13.1. The van der Waals surface area contributed by atoms with E-state index in [9.17, 15) is 22.8 Å². The molecule has 1 amide bonds. The number of thioether (sulfide) groups is 1. The molecule has 32 heavy (non-hydrogen) atoms. The normalized spacial score (nSPS) is 15.7. The zero-order chi connectivity index (χ0) is 23.5. The Kier molecular flexibility index (Phi) is 7.29. The number of carboxylic acid groups (broad SMARTS) is 1. The summed E-state index contributed by atoms with van der Waals surface area (Å²) in [5.41, 5.74) is 4.32. The van der Waals surface area contributed by atoms with E-state index in [1.807, 2.05) is 0 Å². The fourth-order valence-corrected chi connectivity index (χ4v) is 4.37. The standard InChI is InChI=1S/C21H19F3N2O4S2/c22-21(23,24)14-10-12(5-7-15(14)25)16-8-6-13(30-16)11-17-19(29)26(20(31)32-17)9-3-1-2-4-18(27)28/h5-8,10-11H,1-4,9,25H2,(H,27,28)/b17-11-. The van der Waals surface area contributed by atoms with Gasteiger partial charge in [0.25, 0.3) is 5.91 Å². The number of nitrogens with two attached hydrogens (primary N) is 1. The van der Waals surface area contributed by atoms with Crippen LogP contribution in [-0.4, -0.2) is 32.7 Å². The zero-order valence-corrected chi connectivity index (χ0v) is 18.3. The van der Waals surface area contributed by atoms with E-state index in [-0.39, 0.29) is 29.3 Å². The van der Waals surface area contributed by atoms with Crippen molar-refractivity contribution in [1.82, 2.24) is 4.90 Å². The summed E-state index contributed by atoms with van der Waals surface area (Å²) in [5.74, 6) is -0.643. The topological polar surface area (TPSA) is 96.8 Å². The molecule has 0 saturated carbocycles. The molecule has 1 aliphatic rings. The number of furan rings is 1. The van der Waals surface area contributed by atoms with Gasteiger partial charge in [-0.15, -0.1) is 0 Å². The van der Waals surface area contributed by atoms with Gasteiger partial charge >= 0.3 is 12.1 Å². The van der Waals surface area contributed by atoms with Crippen LogP contribution >= 0.6 is 24.0 Å². The molecule has 1 fully saturated rings. The molecule has 3 N–H and O–H groups in total. The van der Waals surface area contributed by atoms with Crippen LogP contribution in [0.4, 0.5) is 18.9 Å². The van der Waals surface area contributed by atoms with Gasteiger partial charge in [-0.1, -0.05) is 30.4 Å². The van der Waals surface area contributed by atoms with Gasteiger partial charge in [0.1, 0.15) is 15.8 Å². The molecule has 6 nitrogen and oxygen atoms in total. The number of aliphatic carboxylic acids is 1. The number of carbonyl (C=O) groups is 2. The predicted octanol–water partition coefficient (Wildman–Crippen LogP) is 5.39. The number of hydrogen-bond acceptors (Lipinski definition) is 6. The molecule has 1 aromatic carbocycles. The molecule has 11 heteroatoms. The van der Waals surface area contributed by atoms with E-state index < -0.39 is 17.7 Å². The lowest BCUT2D eigenvalue weighted by Gasteiger charge is -2.13. The number of carboxylic acids is 1. The Morgan fingerprint density at radius 2 is 1.97 bits per heavy atom. The summed E-state index contributed by atoms with van der Waals surface area (Å²) in [4.78, 5) is 25.0. The van der Waals surface area contributed by atoms with Crippen molar-refractivity contribution < 1.29 is 32.3 Å². The average Bonchev–Trinajstić information content (AvgIpc) is 3.27. The minimum absolute atomic E-state index is 0.0809. The van der Waals surface area contributed by atoms with Crippen LogP contribution < -0.4 is 5.73 Å². The van der Waals surface area contributed by atoms with E-state index in [4.69, 9.17) is 27.5 Å². The van der Waals surface area contributed by atoms with Crippen molar-refractivity contribution >= 4 is 51.9 Å². The molecule has 0 unspecified atom stereocenters. The first kappa shape index (κ1) is 23.9. The average molecular weight is 485 g/mol. The van der Waals surface area contributed by atoms with Gasteiger partial charge in [-0.3, -0.25) is 14.5 Å². The van der Waals surface area contributed by atoms with Crippen molar-refractivity contribution in [2.24, 2.45) is 0 Å². The summed E-state index contributed by atoms with van der Waals surface area (Å²) in [6.07, 6.45) is -1.21. The fraction of sp³-hybridized carbons (Fsp3) is 0.286. The van der Waals surface area contributed by atoms with Crippen molar-refractivity contribution in [3.8, 4) is 11.3 Å². The number of hydrogen-bond donors (Lipinski definition) is 2. The first-order chi connectivity index (χ1) is 15.1. The Bertz CT molecular complexity index is 1080. The number of nitrogens with zero attached hydrogens (tertiary/aromatic N) is 1. The Hall–Kier alpha value is -2.79. The highest BCUT2D eigenvalue weighted by Gasteiger charge is 2.34. The fourth-order valence-electron chi connectivity index (χ4n) is 3.09. The molecule has 1 saturated heterocycles. The van der Waals surface area contributed by atoms with Crippen LogP contribution in [0.1, 0.15) is 37.0 Å². The molecular formula is C21H19F3N2O4S2. The van der Waals surface area contributed by atoms with Gasteiger partial charge in [-0.2, -0.15) is 13.2 Å². The summed E-state index contributed by atoms with van der Waals surface area (Å²) < 4.78 is 45.3. The number of unbranched alkanes of at least 4 members (excludes halogenated alkanes) is 2. The van der Waals surface area contributed by atoms with E-state index in [0.717, 1.165) is 17.8 Å². The molecule has 1 aliphatic heterocycles. The zero-order valence-electron chi connectivity index (χ0n) is 16.6. The summed E-state index contributed by atoms with van der Waals surface area (Å²) in [7, 11) is 0. The molecule has 2 heterocycles. The van der Waals surface area contributed by atoms with Crippen molar-refractivity contribution in [3.63, 3.8) is 0 Å². The maximum Gasteiger partial charge on any atom is 0.418 e. The number of nitrogen functional groups attached to an aromatic ring is 1. The third kappa shape index (κ3) is 5.71. The minimum atomic E-state index is -4.59. The van der Waals surface area contributed by atoms with Gasteiger partial charge in [0.05, 0.1) is 10.5 Å². The molecule has 170 valence electrons. The third-order valence-electron chi connectivity index (χ3n) is 4.69. The number of anilines is 1. The molecule has 0 spiro atoms. The van der Waals surface area contributed by atoms with Crippen LogP contribution in [0.15, 0.2) is 39.7 Å². The number of carbonyl (C=O) groups excluding carboxylic acids is 1. The lowest BCUT2D eigenvalue weighted by molar-refractivity contribution is -0.137. The summed E-state index contributed by atoms with van der Waals surface area (Å²) in [6, 6.07) is 6.58. The van der Waals surface area contributed by atoms with Gasteiger partial charge in [-0.25, -0.2) is 0 Å². The van der Waals surface area contributed by atoms with Crippen LogP contribution in [0.5, 0.6) is 0 Å². The Morgan fingerprint density at radius 1 is 1.22 bits per heavy atom. The SMILES string of the molecule is Nc1ccc(-c2ccc(/C=C3\SC(=S)N(CCCCCC(=O)O)C3=O)o2)cc1C(F)(F)F. The van der Waals surface area contributed by atoms with Crippen molar-refractivity contribution in [1.29, 1.82) is 0 Å². The molecule has 0 bridgehead atoms.